The van der Waals surface area contributed by atoms with Crippen molar-refractivity contribution in [1.82, 2.24) is 0 Å². The van der Waals surface area contributed by atoms with Crippen LogP contribution in [0.25, 0.3) is 0 Å². The van der Waals surface area contributed by atoms with Crippen molar-refractivity contribution in [2.24, 2.45) is 0 Å². The predicted octanol–water partition coefficient (Wildman–Crippen LogP) is 2.47. The first kappa shape index (κ1) is 11.0. The molecule has 1 aromatic carbocycles. The van der Waals surface area contributed by atoms with Gasteiger partial charge in [0.2, 0.25) is 0 Å². The summed E-state index contributed by atoms with van der Waals surface area (Å²) in [6.45, 7) is 2.50. The van der Waals surface area contributed by atoms with E-state index in [1.807, 2.05) is 6.92 Å². The molecule has 0 spiro atoms. The standard InChI is InChI=1S/C10H11BrO3/c1-2-14-8-4-3-7(5-10(12)13)9(11)6-8/h3-4,6H,2,5H2,1H3,(H,12,13). The maximum Gasteiger partial charge on any atom is 0.307 e. The molecule has 14 heavy (non-hydrogen) atoms. The molecule has 0 aliphatic heterocycles. The highest BCUT2D eigenvalue weighted by atomic mass is 79.9. The number of carboxylic acid groups (broad SMARTS) is 1. The Labute approximate surface area is 90.8 Å². The van der Waals surface area contributed by atoms with Crippen molar-refractivity contribution in [3.8, 4) is 5.75 Å². The van der Waals surface area contributed by atoms with E-state index in [0.29, 0.717) is 6.61 Å². The highest BCUT2D eigenvalue weighted by Gasteiger charge is 2.05. The van der Waals surface area contributed by atoms with Gasteiger partial charge in [0.15, 0.2) is 0 Å². The second-order valence-corrected chi connectivity index (χ2v) is 3.61. The summed E-state index contributed by atoms with van der Waals surface area (Å²) in [6.07, 6.45) is 0.0208. The molecule has 0 amide bonds. The Morgan fingerprint density at radius 2 is 2.29 bits per heavy atom. The van der Waals surface area contributed by atoms with E-state index in [-0.39, 0.29) is 6.42 Å². The van der Waals surface area contributed by atoms with Gasteiger partial charge >= 0.3 is 5.97 Å². The predicted molar refractivity (Wildman–Crippen MR) is 56.7 cm³/mol. The van der Waals surface area contributed by atoms with Crippen LogP contribution < -0.4 is 4.74 Å². The molecule has 0 saturated heterocycles. The third kappa shape index (κ3) is 3.03. The van der Waals surface area contributed by atoms with E-state index >= 15 is 0 Å². The van der Waals surface area contributed by atoms with Gasteiger partial charge in [0, 0.05) is 4.47 Å². The van der Waals surface area contributed by atoms with Crippen LogP contribution in [0.4, 0.5) is 0 Å². The summed E-state index contributed by atoms with van der Waals surface area (Å²) in [5, 5.41) is 8.61. The number of ether oxygens (including phenoxy) is 1. The number of aliphatic carboxylic acids is 1. The minimum Gasteiger partial charge on any atom is -0.494 e. The highest BCUT2D eigenvalue weighted by molar-refractivity contribution is 9.10. The van der Waals surface area contributed by atoms with Gasteiger partial charge in [-0.3, -0.25) is 4.79 Å². The van der Waals surface area contributed by atoms with E-state index < -0.39 is 5.97 Å². The van der Waals surface area contributed by atoms with Crippen molar-refractivity contribution >= 4 is 21.9 Å². The number of hydrogen-bond donors (Lipinski definition) is 1. The lowest BCUT2D eigenvalue weighted by Crippen LogP contribution is -2.01. The number of carbonyl (C=O) groups is 1. The molecule has 4 heteroatoms. The monoisotopic (exact) mass is 258 g/mol. The Hall–Kier alpha value is -1.03. The summed E-state index contributed by atoms with van der Waals surface area (Å²) >= 11 is 3.30. The van der Waals surface area contributed by atoms with Crippen molar-refractivity contribution in [1.29, 1.82) is 0 Å². The SMILES string of the molecule is CCOc1ccc(CC(=O)O)c(Br)c1. The molecule has 0 aromatic heterocycles. The first-order chi connectivity index (χ1) is 6.63. The van der Waals surface area contributed by atoms with Gasteiger partial charge in [-0.2, -0.15) is 0 Å². The van der Waals surface area contributed by atoms with Crippen molar-refractivity contribution in [3.63, 3.8) is 0 Å². The molecule has 0 bridgehead atoms. The third-order valence-corrected chi connectivity index (χ3v) is 2.42. The van der Waals surface area contributed by atoms with Gasteiger partial charge in [-0.05, 0) is 24.6 Å². The zero-order valence-electron chi connectivity index (χ0n) is 7.79. The third-order valence-electron chi connectivity index (χ3n) is 1.68. The number of rotatable bonds is 4. The molecule has 0 fully saturated rings. The maximum absolute atomic E-state index is 10.5. The van der Waals surface area contributed by atoms with Crippen LogP contribution in [-0.4, -0.2) is 17.7 Å². The Morgan fingerprint density at radius 1 is 1.57 bits per heavy atom. The zero-order valence-corrected chi connectivity index (χ0v) is 9.37. The molecule has 76 valence electrons. The van der Waals surface area contributed by atoms with Gasteiger partial charge in [0.05, 0.1) is 13.0 Å². The van der Waals surface area contributed by atoms with Crippen molar-refractivity contribution in [3.05, 3.63) is 28.2 Å². The molecule has 1 rings (SSSR count). The summed E-state index contributed by atoms with van der Waals surface area (Å²) in [6, 6.07) is 5.30. The molecule has 0 unspecified atom stereocenters. The topological polar surface area (TPSA) is 46.5 Å². The van der Waals surface area contributed by atoms with E-state index in [9.17, 15) is 4.79 Å². The Morgan fingerprint density at radius 3 is 2.79 bits per heavy atom. The fourth-order valence-corrected chi connectivity index (χ4v) is 1.59. The second kappa shape index (κ2) is 5.00. The van der Waals surface area contributed by atoms with Gasteiger partial charge < -0.3 is 9.84 Å². The molecule has 0 saturated carbocycles. The average Bonchev–Trinajstić information content (AvgIpc) is 2.10. The molecule has 0 aliphatic carbocycles. The van der Waals surface area contributed by atoms with Crippen LogP contribution in [-0.2, 0) is 11.2 Å². The first-order valence-electron chi connectivity index (χ1n) is 4.26. The molecule has 0 radical (unpaired) electrons. The van der Waals surface area contributed by atoms with E-state index in [2.05, 4.69) is 15.9 Å². The van der Waals surface area contributed by atoms with E-state index in [1.54, 1.807) is 18.2 Å². The molecule has 3 nitrogen and oxygen atoms in total. The fraction of sp³-hybridized carbons (Fsp3) is 0.300. The zero-order chi connectivity index (χ0) is 10.6. The van der Waals surface area contributed by atoms with E-state index in [4.69, 9.17) is 9.84 Å². The minimum atomic E-state index is -0.838. The van der Waals surface area contributed by atoms with E-state index in [0.717, 1.165) is 15.8 Å². The quantitative estimate of drug-likeness (QED) is 0.903. The summed E-state index contributed by atoms with van der Waals surface area (Å²) in [5.41, 5.74) is 0.751. The Kier molecular flexibility index (Phi) is 3.95. The Balaban J connectivity index is 2.84. The number of halogens is 1. The minimum absolute atomic E-state index is 0.0208. The second-order valence-electron chi connectivity index (χ2n) is 2.76. The molecule has 0 aliphatic rings. The molecular formula is C10H11BrO3. The van der Waals surface area contributed by atoms with Crippen molar-refractivity contribution in [2.75, 3.05) is 6.61 Å². The summed E-state index contributed by atoms with van der Waals surface area (Å²) in [4.78, 5) is 10.5. The largest absolute Gasteiger partial charge is 0.494 e. The first-order valence-corrected chi connectivity index (χ1v) is 5.05. The van der Waals surface area contributed by atoms with Crippen LogP contribution in [0.15, 0.2) is 22.7 Å². The molecule has 0 atom stereocenters. The number of benzene rings is 1. The smallest absolute Gasteiger partial charge is 0.307 e. The normalized spacial score (nSPS) is 9.86. The van der Waals surface area contributed by atoms with Crippen LogP contribution in [0.2, 0.25) is 0 Å². The lowest BCUT2D eigenvalue weighted by molar-refractivity contribution is -0.136. The van der Waals surface area contributed by atoms with Gasteiger partial charge in [0.1, 0.15) is 5.75 Å². The number of carboxylic acids is 1. The lowest BCUT2D eigenvalue weighted by atomic mass is 10.1. The van der Waals surface area contributed by atoms with Crippen LogP contribution in [0.1, 0.15) is 12.5 Å². The maximum atomic E-state index is 10.5. The average molecular weight is 259 g/mol. The van der Waals surface area contributed by atoms with Crippen molar-refractivity contribution < 1.29 is 14.6 Å². The molecule has 1 aromatic rings. The summed E-state index contributed by atoms with van der Waals surface area (Å²) in [7, 11) is 0. The molecule has 0 heterocycles. The van der Waals surface area contributed by atoms with E-state index in [1.165, 1.54) is 0 Å². The summed E-state index contributed by atoms with van der Waals surface area (Å²) in [5.74, 6) is -0.0941. The molecule has 1 N–H and O–H groups in total. The van der Waals surface area contributed by atoms with Crippen LogP contribution in [0.3, 0.4) is 0 Å². The fourth-order valence-electron chi connectivity index (χ4n) is 1.09. The van der Waals surface area contributed by atoms with Crippen molar-refractivity contribution in [2.45, 2.75) is 13.3 Å². The Bertz CT molecular complexity index is 336. The molecular weight excluding hydrogens is 248 g/mol. The van der Waals surface area contributed by atoms with Gasteiger partial charge in [-0.25, -0.2) is 0 Å². The van der Waals surface area contributed by atoms with Crippen LogP contribution >= 0.6 is 15.9 Å². The van der Waals surface area contributed by atoms with Crippen LogP contribution in [0.5, 0.6) is 5.75 Å². The van der Waals surface area contributed by atoms with Gasteiger partial charge in [0.25, 0.3) is 0 Å². The van der Waals surface area contributed by atoms with Crippen LogP contribution in [0, 0.1) is 0 Å². The highest BCUT2D eigenvalue weighted by Crippen LogP contribution is 2.23. The van der Waals surface area contributed by atoms with Gasteiger partial charge in [-0.15, -0.1) is 0 Å². The summed E-state index contributed by atoms with van der Waals surface area (Å²) < 4.78 is 6.04. The number of hydrogen-bond acceptors (Lipinski definition) is 2. The lowest BCUT2D eigenvalue weighted by Gasteiger charge is -2.06. The van der Waals surface area contributed by atoms with Gasteiger partial charge in [-0.1, -0.05) is 22.0 Å².